The Morgan fingerprint density at radius 1 is 1.33 bits per heavy atom. The summed E-state index contributed by atoms with van der Waals surface area (Å²) in [5.41, 5.74) is -2.05. The van der Waals surface area contributed by atoms with E-state index in [1.807, 2.05) is 4.72 Å². The number of anilines is 1. The molecule has 0 saturated heterocycles. The summed E-state index contributed by atoms with van der Waals surface area (Å²) in [6.07, 6.45) is 0. The van der Waals surface area contributed by atoms with E-state index in [0.29, 0.717) is 0 Å². The van der Waals surface area contributed by atoms with Crippen LogP contribution in [0.2, 0.25) is 0 Å². The van der Waals surface area contributed by atoms with Crippen LogP contribution in [0.15, 0.2) is 18.2 Å². The third kappa shape index (κ3) is 5.00. The Morgan fingerprint density at radius 2 is 1.90 bits per heavy atom. The molecule has 116 valence electrons. The van der Waals surface area contributed by atoms with Crippen molar-refractivity contribution in [2.24, 2.45) is 0 Å². The van der Waals surface area contributed by atoms with Gasteiger partial charge in [-0.25, -0.2) is 4.79 Å². The second kappa shape index (κ2) is 5.66. The summed E-state index contributed by atoms with van der Waals surface area (Å²) < 4.78 is 28.0. The second-order valence-electron chi connectivity index (χ2n) is 5.25. The lowest BCUT2D eigenvalue weighted by atomic mass is 10.1. The third-order valence-corrected chi connectivity index (χ3v) is 3.50. The van der Waals surface area contributed by atoms with Gasteiger partial charge in [0.2, 0.25) is 0 Å². The van der Waals surface area contributed by atoms with Gasteiger partial charge in [-0.05, 0) is 32.9 Å². The minimum atomic E-state index is -4.03. The predicted octanol–water partition coefficient (Wildman–Crippen LogP) is 1.34. The van der Waals surface area contributed by atoms with Gasteiger partial charge in [0.1, 0.15) is 5.69 Å². The Balaban J connectivity index is 3.20. The number of carbonyl (C=O) groups is 1. The van der Waals surface area contributed by atoms with E-state index in [4.69, 9.17) is 5.11 Å². The fourth-order valence-corrected chi connectivity index (χ4v) is 2.79. The van der Waals surface area contributed by atoms with Gasteiger partial charge in [0.05, 0.1) is 10.5 Å². The van der Waals surface area contributed by atoms with E-state index in [1.54, 1.807) is 20.8 Å². The first-order chi connectivity index (χ1) is 9.41. The average molecular weight is 317 g/mol. The predicted molar refractivity (Wildman–Crippen MR) is 75.5 cm³/mol. The van der Waals surface area contributed by atoms with Crippen molar-refractivity contribution in [2.45, 2.75) is 26.3 Å². The number of nitro groups is 1. The van der Waals surface area contributed by atoms with Crippen molar-refractivity contribution in [3.63, 3.8) is 0 Å². The summed E-state index contributed by atoms with van der Waals surface area (Å²) in [6.45, 7) is 4.82. The molecule has 1 aromatic rings. The van der Waals surface area contributed by atoms with Gasteiger partial charge in [-0.1, -0.05) is 0 Å². The number of carboxylic acids is 1. The van der Waals surface area contributed by atoms with Crippen LogP contribution >= 0.6 is 0 Å². The van der Waals surface area contributed by atoms with Crippen LogP contribution in [0, 0.1) is 10.1 Å². The molecule has 3 N–H and O–H groups in total. The van der Waals surface area contributed by atoms with Gasteiger partial charge in [-0.15, -0.1) is 0 Å². The van der Waals surface area contributed by atoms with Crippen LogP contribution < -0.4 is 9.44 Å². The quantitative estimate of drug-likeness (QED) is 0.553. The highest BCUT2D eigenvalue weighted by Crippen LogP contribution is 2.26. The SMILES string of the molecule is CC(C)(C)NS(=O)(=O)Nc1ccc(C(=O)O)cc1[N+](=O)[O-]. The fraction of sp³-hybridized carbons (Fsp3) is 0.364. The number of nitrogens with zero attached hydrogens (tertiary/aromatic N) is 1. The molecule has 0 atom stereocenters. The molecule has 0 aliphatic rings. The largest absolute Gasteiger partial charge is 0.478 e. The first-order valence-electron chi connectivity index (χ1n) is 5.75. The maximum atomic E-state index is 11.8. The molecule has 0 aliphatic carbocycles. The number of benzene rings is 1. The molecule has 10 heteroatoms. The zero-order valence-electron chi connectivity index (χ0n) is 11.6. The number of nitro benzene ring substituents is 1. The summed E-state index contributed by atoms with van der Waals surface area (Å²) in [5, 5.41) is 19.7. The molecule has 0 heterocycles. The molecule has 0 bridgehead atoms. The highest BCUT2D eigenvalue weighted by molar-refractivity contribution is 7.90. The number of rotatable bonds is 5. The lowest BCUT2D eigenvalue weighted by Crippen LogP contribution is -2.43. The molecule has 0 amide bonds. The number of hydrogen-bond acceptors (Lipinski definition) is 5. The fourth-order valence-electron chi connectivity index (χ4n) is 1.48. The van der Waals surface area contributed by atoms with Gasteiger partial charge in [0.15, 0.2) is 0 Å². The lowest BCUT2D eigenvalue weighted by molar-refractivity contribution is -0.383. The molecule has 0 unspecified atom stereocenters. The zero-order chi connectivity index (χ0) is 16.4. The van der Waals surface area contributed by atoms with Crippen LogP contribution in [0.3, 0.4) is 0 Å². The van der Waals surface area contributed by atoms with E-state index >= 15 is 0 Å². The molecular weight excluding hydrogens is 302 g/mol. The Hall–Kier alpha value is -2.20. The van der Waals surface area contributed by atoms with Crippen LogP contribution in [-0.4, -0.2) is 30.0 Å². The maximum Gasteiger partial charge on any atom is 0.335 e. The van der Waals surface area contributed by atoms with E-state index < -0.39 is 32.3 Å². The number of carboxylic acid groups (broad SMARTS) is 1. The van der Waals surface area contributed by atoms with Crippen LogP contribution in [-0.2, 0) is 10.2 Å². The molecule has 0 aliphatic heterocycles. The van der Waals surface area contributed by atoms with Gasteiger partial charge in [0.25, 0.3) is 15.9 Å². The molecule has 9 nitrogen and oxygen atoms in total. The van der Waals surface area contributed by atoms with E-state index in [9.17, 15) is 23.3 Å². The van der Waals surface area contributed by atoms with Crippen LogP contribution in [0.25, 0.3) is 0 Å². The normalized spacial score (nSPS) is 12.0. The maximum absolute atomic E-state index is 11.8. The van der Waals surface area contributed by atoms with Crippen molar-refractivity contribution >= 4 is 27.6 Å². The molecule has 1 aromatic carbocycles. The molecule has 1 rings (SSSR count). The van der Waals surface area contributed by atoms with Crippen molar-refractivity contribution < 1.29 is 23.2 Å². The summed E-state index contributed by atoms with van der Waals surface area (Å²) >= 11 is 0. The Morgan fingerprint density at radius 3 is 2.33 bits per heavy atom. The van der Waals surface area contributed by atoms with Crippen molar-refractivity contribution in [1.82, 2.24) is 4.72 Å². The minimum absolute atomic E-state index is 0.312. The first kappa shape index (κ1) is 16.9. The second-order valence-corrected chi connectivity index (χ2v) is 6.67. The summed E-state index contributed by atoms with van der Waals surface area (Å²) in [5.74, 6) is -1.35. The molecule has 0 spiro atoms. The van der Waals surface area contributed by atoms with E-state index in [2.05, 4.69) is 4.72 Å². The Bertz CT molecular complexity index is 678. The number of hydrogen-bond donors (Lipinski definition) is 3. The summed E-state index contributed by atoms with van der Waals surface area (Å²) in [7, 11) is -4.03. The van der Waals surface area contributed by atoms with Crippen molar-refractivity contribution in [1.29, 1.82) is 0 Å². The molecule has 0 saturated carbocycles. The van der Waals surface area contributed by atoms with Gasteiger partial charge in [-0.2, -0.15) is 13.1 Å². The van der Waals surface area contributed by atoms with Gasteiger partial charge >= 0.3 is 5.97 Å². The molecule has 0 radical (unpaired) electrons. The molecular formula is C11H15N3O6S. The minimum Gasteiger partial charge on any atom is -0.478 e. The van der Waals surface area contributed by atoms with E-state index in [-0.39, 0.29) is 11.3 Å². The van der Waals surface area contributed by atoms with Gasteiger partial charge < -0.3 is 5.11 Å². The van der Waals surface area contributed by atoms with E-state index in [1.165, 1.54) is 0 Å². The molecule has 0 fully saturated rings. The summed E-state index contributed by atoms with van der Waals surface area (Å²) in [4.78, 5) is 20.9. The highest BCUT2D eigenvalue weighted by Gasteiger charge is 2.24. The van der Waals surface area contributed by atoms with Crippen molar-refractivity contribution in [3.8, 4) is 0 Å². The van der Waals surface area contributed by atoms with Gasteiger partial charge in [0, 0.05) is 11.6 Å². The standard InChI is InChI=1S/C11H15N3O6S/c1-11(2,3)13-21(19,20)12-8-5-4-7(10(15)16)6-9(8)14(17)18/h4-6,12-13H,1-3H3,(H,15,16). The van der Waals surface area contributed by atoms with Crippen molar-refractivity contribution in [2.75, 3.05) is 4.72 Å². The third-order valence-electron chi connectivity index (χ3n) is 2.13. The van der Waals surface area contributed by atoms with Crippen LogP contribution in [0.1, 0.15) is 31.1 Å². The number of nitrogens with one attached hydrogen (secondary N) is 2. The van der Waals surface area contributed by atoms with Crippen LogP contribution in [0.4, 0.5) is 11.4 Å². The van der Waals surface area contributed by atoms with Gasteiger partial charge in [-0.3, -0.25) is 14.8 Å². The lowest BCUT2D eigenvalue weighted by Gasteiger charge is -2.20. The zero-order valence-corrected chi connectivity index (χ0v) is 12.4. The Labute approximate surface area is 121 Å². The Kier molecular flexibility index (Phi) is 4.54. The number of aromatic carboxylic acids is 1. The van der Waals surface area contributed by atoms with Crippen LogP contribution in [0.5, 0.6) is 0 Å². The topological polar surface area (TPSA) is 139 Å². The van der Waals surface area contributed by atoms with Crippen molar-refractivity contribution in [3.05, 3.63) is 33.9 Å². The first-order valence-corrected chi connectivity index (χ1v) is 7.23. The smallest absolute Gasteiger partial charge is 0.335 e. The molecule has 21 heavy (non-hydrogen) atoms. The molecule has 0 aromatic heterocycles. The summed E-state index contributed by atoms with van der Waals surface area (Å²) in [6, 6.07) is 2.89. The van der Waals surface area contributed by atoms with E-state index in [0.717, 1.165) is 18.2 Å². The average Bonchev–Trinajstić information content (AvgIpc) is 2.24. The highest BCUT2D eigenvalue weighted by atomic mass is 32.2. The monoisotopic (exact) mass is 317 g/mol.